The Balaban J connectivity index is 1.49. The number of likely N-dealkylation sites (tertiary alicyclic amines) is 1. The highest BCUT2D eigenvalue weighted by molar-refractivity contribution is 9.10. The highest BCUT2D eigenvalue weighted by Gasteiger charge is 2.56. The van der Waals surface area contributed by atoms with Crippen molar-refractivity contribution in [1.82, 2.24) is 9.88 Å². The van der Waals surface area contributed by atoms with E-state index in [2.05, 4.69) is 47.8 Å². The van der Waals surface area contributed by atoms with Crippen molar-refractivity contribution in [2.45, 2.75) is 52.1 Å². The number of allylic oxidation sites excluding steroid dienone is 3. The SMILES string of the molecule is CC(=O)N1CCC(OC2=CC3(C)C(C=C2)C(=O)c2c([nH]c4cc(Br)ccc24)C3(C)C)CC1. The van der Waals surface area contributed by atoms with Gasteiger partial charge in [-0.15, -0.1) is 0 Å². The summed E-state index contributed by atoms with van der Waals surface area (Å²) in [6.45, 7) is 9.69. The number of benzene rings is 1. The third kappa shape index (κ3) is 3.10. The fraction of sp³-hybridized carbons (Fsp3) is 0.462. The van der Waals surface area contributed by atoms with E-state index in [1.165, 1.54) is 0 Å². The number of carbonyl (C=O) groups excluding carboxylic acids is 2. The number of nitrogens with zero attached hydrogens (tertiary/aromatic N) is 1. The van der Waals surface area contributed by atoms with E-state index in [0.717, 1.165) is 58.3 Å². The summed E-state index contributed by atoms with van der Waals surface area (Å²) in [6.07, 6.45) is 7.91. The summed E-state index contributed by atoms with van der Waals surface area (Å²) >= 11 is 3.54. The summed E-state index contributed by atoms with van der Waals surface area (Å²) in [6, 6.07) is 6.05. The second-order valence-corrected chi connectivity index (χ2v) is 11.0. The van der Waals surface area contributed by atoms with Gasteiger partial charge in [0.25, 0.3) is 0 Å². The highest BCUT2D eigenvalue weighted by Crippen LogP contribution is 2.56. The normalized spacial score (nSPS) is 27.2. The zero-order valence-corrected chi connectivity index (χ0v) is 20.6. The van der Waals surface area contributed by atoms with Crippen LogP contribution in [-0.2, 0) is 14.9 Å². The second-order valence-electron chi connectivity index (χ2n) is 10.0. The van der Waals surface area contributed by atoms with Gasteiger partial charge in [0, 0.05) is 70.3 Å². The van der Waals surface area contributed by atoms with Gasteiger partial charge in [0.1, 0.15) is 11.9 Å². The van der Waals surface area contributed by atoms with Crippen LogP contribution < -0.4 is 0 Å². The smallest absolute Gasteiger partial charge is 0.219 e. The minimum absolute atomic E-state index is 0.0880. The van der Waals surface area contributed by atoms with Gasteiger partial charge >= 0.3 is 0 Å². The summed E-state index contributed by atoms with van der Waals surface area (Å²) in [5, 5.41) is 0.986. The molecular formula is C26H29BrN2O3. The van der Waals surface area contributed by atoms with E-state index < -0.39 is 5.41 Å². The molecule has 1 fully saturated rings. The van der Waals surface area contributed by atoms with Gasteiger partial charge in [-0.2, -0.15) is 0 Å². The van der Waals surface area contributed by atoms with Crippen molar-refractivity contribution in [1.29, 1.82) is 0 Å². The maximum atomic E-state index is 13.7. The quantitative estimate of drug-likeness (QED) is 0.596. The highest BCUT2D eigenvalue weighted by atomic mass is 79.9. The van der Waals surface area contributed by atoms with Crippen LogP contribution in [0.3, 0.4) is 0 Å². The zero-order valence-electron chi connectivity index (χ0n) is 19.0. The van der Waals surface area contributed by atoms with E-state index in [4.69, 9.17) is 4.74 Å². The molecule has 1 saturated heterocycles. The van der Waals surface area contributed by atoms with Crippen LogP contribution in [0.4, 0.5) is 0 Å². The lowest BCUT2D eigenvalue weighted by molar-refractivity contribution is -0.130. The van der Waals surface area contributed by atoms with Gasteiger partial charge in [-0.05, 0) is 24.3 Å². The Morgan fingerprint density at radius 2 is 1.94 bits per heavy atom. The molecule has 0 spiro atoms. The van der Waals surface area contributed by atoms with E-state index in [9.17, 15) is 9.59 Å². The minimum atomic E-state index is -0.417. The van der Waals surface area contributed by atoms with E-state index >= 15 is 0 Å². The van der Waals surface area contributed by atoms with E-state index in [1.54, 1.807) is 6.92 Å². The van der Waals surface area contributed by atoms with Gasteiger partial charge in [0.15, 0.2) is 5.78 Å². The predicted molar refractivity (Wildman–Crippen MR) is 129 cm³/mol. The molecule has 2 unspecified atom stereocenters. The van der Waals surface area contributed by atoms with Gasteiger partial charge in [0.2, 0.25) is 5.91 Å². The number of hydrogen-bond acceptors (Lipinski definition) is 3. The maximum Gasteiger partial charge on any atom is 0.219 e. The molecule has 2 heterocycles. The number of hydrogen-bond donors (Lipinski definition) is 1. The third-order valence-electron chi connectivity index (χ3n) is 7.99. The molecule has 1 N–H and O–H groups in total. The molecule has 2 aliphatic carbocycles. The van der Waals surface area contributed by atoms with Crippen molar-refractivity contribution in [3.8, 4) is 0 Å². The number of piperidine rings is 1. The number of ketones is 1. The average molecular weight is 497 g/mol. The number of halogens is 1. The number of ether oxygens (including phenoxy) is 1. The van der Waals surface area contributed by atoms with Crippen LogP contribution in [0.25, 0.3) is 10.9 Å². The number of nitrogens with one attached hydrogen (secondary N) is 1. The minimum Gasteiger partial charge on any atom is -0.491 e. The molecule has 1 aromatic carbocycles. The van der Waals surface area contributed by atoms with Crippen molar-refractivity contribution in [2.75, 3.05) is 13.1 Å². The number of carbonyl (C=O) groups is 2. The molecule has 0 bridgehead atoms. The van der Waals surface area contributed by atoms with Crippen LogP contribution in [0.2, 0.25) is 0 Å². The third-order valence-corrected chi connectivity index (χ3v) is 8.49. The molecule has 32 heavy (non-hydrogen) atoms. The van der Waals surface area contributed by atoms with E-state index in [-0.39, 0.29) is 29.1 Å². The standard InChI is InChI=1S/C26H29BrN2O3/c1-15(30)29-11-9-17(10-12-29)32-18-6-8-20-23(31)22-19-7-5-16(27)13-21(19)28-24(22)25(2,3)26(20,4)14-18/h5-8,13-14,17,20,28H,9-12H2,1-4H3. The van der Waals surface area contributed by atoms with Gasteiger partial charge in [-0.25, -0.2) is 0 Å². The molecule has 2 atom stereocenters. The average Bonchev–Trinajstić information content (AvgIpc) is 3.12. The Bertz CT molecular complexity index is 1180. The Hall–Kier alpha value is -2.34. The monoisotopic (exact) mass is 496 g/mol. The van der Waals surface area contributed by atoms with Crippen LogP contribution >= 0.6 is 15.9 Å². The Morgan fingerprint density at radius 3 is 2.62 bits per heavy atom. The summed E-state index contributed by atoms with van der Waals surface area (Å²) < 4.78 is 7.36. The van der Waals surface area contributed by atoms with Crippen molar-refractivity contribution in [3.05, 3.63) is 57.9 Å². The number of Topliss-reactive ketones (excluding diaryl/α,β-unsaturated/α-hetero) is 1. The molecule has 168 valence electrons. The molecule has 5 rings (SSSR count). The Morgan fingerprint density at radius 1 is 1.22 bits per heavy atom. The Kier molecular flexibility index (Phi) is 4.93. The number of H-pyrrole nitrogens is 1. The number of fused-ring (bicyclic) bond motifs is 4. The molecule has 1 aromatic heterocycles. The Labute approximate surface area is 197 Å². The number of rotatable bonds is 2. The summed E-state index contributed by atoms with van der Waals surface area (Å²) in [4.78, 5) is 30.8. The summed E-state index contributed by atoms with van der Waals surface area (Å²) in [5.74, 6) is 0.878. The molecule has 0 saturated carbocycles. The molecule has 3 aliphatic rings. The molecular weight excluding hydrogens is 468 g/mol. The van der Waals surface area contributed by atoms with Crippen molar-refractivity contribution in [2.24, 2.45) is 11.3 Å². The topological polar surface area (TPSA) is 62.4 Å². The molecule has 5 nitrogen and oxygen atoms in total. The van der Waals surface area contributed by atoms with Gasteiger partial charge in [-0.3, -0.25) is 9.59 Å². The molecule has 6 heteroatoms. The first-order chi connectivity index (χ1) is 15.1. The molecule has 1 amide bonds. The van der Waals surface area contributed by atoms with Gasteiger partial charge in [0.05, 0.1) is 5.92 Å². The first kappa shape index (κ1) is 21.5. The van der Waals surface area contributed by atoms with Crippen LogP contribution in [0.15, 0.2) is 46.7 Å². The lowest BCUT2D eigenvalue weighted by Gasteiger charge is -2.50. The zero-order chi connectivity index (χ0) is 22.8. The lowest BCUT2D eigenvalue weighted by Crippen LogP contribution is -2.51. The fourth-order valence-corrected chi connectivity index (χ4v) is 5.99. The first-order valence-corrected chi connectivity index (χ1v) is 12.1. The van der Waals surface area contributed by atoms with Crippen LogP contribution in [0.1, 0.15) is 56.6 Å². The van der Waals surface area contributed by atoms with E-state index in [1.807, 2.05) is 35.3 Å². The largest absolute Gasteiger partial charge is 0.491 e. The van der Waals surface area contributed by atoms with E-state index in [0.29, 0.717) is 0 Å². The van der Waals surface area contributed by atoms with Crippen LogP contribution in [0.5, 0.6) is 0 Å². The molecule has 0 radical (unpaired) electrons. The van der Waals surface area contributed by atoms with Gasteiger partial charge in [-0.1, -0.05) is 48.8 Å². The number of aromatic amines is 1. The number of amides is 1. The van der Waals surface area contributed by atoms with Crippen molar-refractivity contribution >= 4 is 38.5 Å². The second kappa shape index (κ2) is 7.34. The molecule has 2 aromatic rings. The maximum absolute atomic E-state index is 13.7. The number of aromatic nitrogens is 1. The van der Waals surface area contributed by atoms with Crippen LogP contribution in [-0.4, -0.2) is 40.8 Å². The fourth-order valence-electron chi connectivity index (χ4n) is 5.63. The summed E-state index contributed by atoms with van der Waals surface area (Å²) in [5.41, 5.74) is 2.08. The van der Waals surface area contributed by atoms with Crippen LogP contribution in [0, 0.1) is 11.3 Å². The van der Waals surface area contributed by atoms with Crippen molar-refractivity contribution < 1.29 is 14.3 Å². The molecule has 1 aliphatic heterocycles. The summed E-state index contributed by atoms with van der Waals surface area (Å²) in [7, 11) is 0. The van der Waals surface area contributed by atoms with Crippen molar-refractivity contribution in [3.63, 3.8) is 0 Å². The lowest BCUT2D eigenvalue weighted by atomic mass is 9.52. The first-order valence-electron chi connectivity index (χ1n) is 11.3. The predicted octanol–water partition coefficient (Wildman–Crippen LogP) is 5.51. The van der Waals surface area contributed by atoms with Gasteiger partial charge < -0.3 is 14.6 Å².